The second-order valence-corrected chi connectivity index (χ2v) is 5.73. The van der Waals surface area contributed by atoms with E-state index in [1.54, 1.807) is 0 Å². The van der Waals surface area contributed by atoms with Gasteiger partial charge in [-0.25, -0.2) is 4.98 Å². The molecule has 1 aromatic rings. The number of nitrogens with zero attached hydrogens (tertiary/aromatic N) is 2. The van der Waals surface area contributed by atoms with E-state index < -0.39 is 12.7 Å². The first kappa shape index (κ1) is 15.1. The maximum Gasteiger partial charge on any atom is 0.401 e. The van der Waals surface area contributed by atoms with Gasteiger partial charge in [-0.05, 0) is 30.0 Å². The summed E-state index contributed by atoms with van der Waals surface area (Å²) in [7, 11) is 0. The molecule has 1 N–H and O–H groups in total. The van der Waals surface area contributed by atoms with Crippen molar-refractivity contribution < 1.29 is 13.2 Å². The monoisotopic (exact) mass is 287 g/mol. The zero-order valence-corrected chi connectivity index (χ0v) is 12.0. The minimum atomic E-state index is -4.11. The van der Waals surface area contributed by atoms with Crippen LogP contribution in [0.4, 0.5) is 19.0 Å². The van der Waals surface area contributed by atoms with Crippen molar-refractivity contribution in [2.45, 2.75) is 38.9 Å². The maximum atomic E-state index is 12.2. The highest BCUT2D eigenvalue weighted by Crippen LogP contribution is 2.24. The van der Waals surface area contributed by atoms with Crippen LogP contribution in [0.25, 0.3) is 0 Å². The Bertz CT molecular complexity index is 465. The Balaban J connectivity index is 1.89. The van der Waals surface area contributed by atoms with Crippen molar-refractivity contribution in [3.63, 3.8) is 0 Å². The molecule has 0 aliphatic carbocycles. The van der Waals surface area contributed by atoms with Crippen LogP contribution in [0, 0.1) is 6.92 Å². The Labute approximate surface area is 117 Å². The zero-order valence-electron chi connectivity index (χ0n) is 12.0. The average Bonchev–Trinajstić information content (AvgIpc) is 2.26. The second-order valence-electron chi connectivity index (χ2n) is 5.73. The third-order valence-corrected chi connectivity index (χ3v) is 3.48. The van der Waals surface area contributed by atoms with E-state index in [9.17, 15) is 13.2 Å². The first-order valence-corrected chi connectivity index (χ1v) is 6.77. The van der Waals surface area contributed by atoms with E-state index in [-0.39, 0.29) is 6.04 Å². The highest BCUT2D eigenvalue weighted by atomic mass is 19.4. The van der Waals surface area contributed by atoms with E-state index in [0.29, 0.717) is 19.0 Å². The fraction of sp³-hybridized carbons (Fsp3) is 0.643. The van der Waals surface area contributed by atoms with Crippen LogP contribution in [0.3, 0.4) is 0 Å². The Morgan fingerprint density at radius 2 is 2.05 bits per heavy atom. The van der Waals surface area contributed by atoms with Gasteiger partial charge in [0.2, 0.25) is 0 Å². The summed E-state index contributed by atoms with van der Waals surface area (Å²) in [6.45, 7) is 6.23. The molecule has 1 aliphatic rings. The van der Waals surface area contributed by atoms with Crippen LogP contribution in [0.5, 0.6) is 0 Å². The molecular formula is C14H20F3N3. The van der Waals surface area contributed by atoms with Crippen LogP contribution in [0.1, 0.15) is 30.9 Å². The van der Waals surface area contributed by atoms with Gasteiger partial charge in [-0.1, -0.05) is 13.8 Å². The number of hydrogen-bond donors (Lipinski definition) is 1. The highest BCUT2D eigenvalue weighted by Gasteiger charge is 2.37. The predicted octanol–water partition coefficient (Wildman–Crippen LogP) is 3.17. The number of pyridine rings is 1. The lowest BCUT2D eigenvalue weighted by Crippen LogP contribution is -2.57. The first-order chi connectivity index (χ1) is 9.24. The number of likely N-dealkylation sites (tertiary alicyclic amines) is 1. The summed E-state index contributed by atoms with van der Waals surface area (Å²) < 4.78 is 36.6. The lowest BCUT2D eigenvalue weighted by molar-refractivity contribution is -0.153. The van der Waals surface area contributed by atoms with E-state index in [0.717, 1.165) is 11.4 Å². The Morgan fingerprint density at radius 1 is 1.40 bits per heavy atom. The van der Waals surface area contributed by atoms with Gasteiger partial charge in [0.15, 0.2) is 0 Å². The molecule has 0 unspecified atom stereocenters. The largest absolute Gasteiger partial charge is 0.401 e. The molecule has 1 aliphatic heterocycles. The number of nitrogens with one attached hydrogen (secondary N) is 1. The molecule has 0 radical (unpaired) electrons. The molecule has 2 heterocycles. The van der Waals surface area contributed by atoms with Crippen molar-refractivity contribution in [1.29, 1.82) is 0 Å². The topological polar surface area (TPSA) is 28.2 Å². The molecule has 6 heteroatoms. The van der Waals surface area contributed by atoms with Crippen molar-refractivity contribution in [1.82, 2.24) is 9.88 Å². The standard InChI is InChI=1S/C14H20F3N3/c1-9(2)12-4-13(18-5-10(12)3)19-11-6-20(7-11)8-14(15,16)17/h4-5,9,11H,6-8H2,1-3H3,(H,18,19). The van der Waals surface area contributed by atoms with Crippen molar-refractivity contribution in [3.05, 3.63) is 23.4 Å². The van der Waals surface area contributed by atoms with Gasteiger partial charge in [0.25, 0.3) is 0 Å². The predicted molar refractivity (Wildman–Crippen MR) is 73.0 cm³/mol. The summed E-state index contributed by atoms with van der Waals surface area (Å²) in [5.41, 5.74) is 2.35. The molecular weight excluding hydrogens is 267 g/mol. The van der Waals surface area contributed by atoms with Crippen molar-refractivity contribution >= 4 is 5.82 Å². The van der Waals surface area contributed by atoms with Crippen LogP contribution < -0.4 is 5.32 Å². The Kier molecular flexibility index (Phi) is 4.22. The summed E-state index contributed by atoms with van der Waals surface area (Å²) in [4.78, 5) is 5.68. The fourth-order valence-electron chi connectivity index (χ4n) is 2.49. The number of aromatic nitrogens is 1. The third kappa shape index (κ3) is 3.85. The van der Waals surface area contributed by atoms with Crippen LogP contribution in [0.2, 0.25) is 0 Å². The smallest absolute Gasteiger partial charge is 0.365 e. The van der Waals surface area contributed by atoms with E-state index in [2.05, 4.69) is 24.1 Å². The number of anilines is 1. The summed E-state index contributed by atoms with van der Waals surface area (Å²) in [5, 5.41) is 3.20. The molecule has 3 nitrogen and oxygen atoms in total. The van der Waals surface area contributed by atoms with Gasteiger partial charge in [0.1, 0.15) is 5.82 Å². The molecule has 1 aromatic heterocycles. The van der Waals surface area contributed by atoms with Gasteiger partial charge in [0, 0.05) is 19.3 Å². The van der Waals surface area contributed by atoms with Gasteiger partial charge in [0.05, 0.1) is 12.6 Å². The third-order valence-electron chi connectivity index (χ3n) is 3.48. The number of alkyl halides is 3. The molecule has 0 spiro atoms. The molecule has 20 heavy (non-hydrogen) atoms. The van der Waals surface area contributed by atoms with Crippen molar-refractivity contribution in [2.24, 2.45) is 0 Å². The number of halogens is 3. The van der Waals surface area contributed by atoms with Crippen molar-refractivity contribution in [3.8, 4) is 0 Å². The van der Waals surface area contributed by atoms with Gasteiger partial charge >= 0.3 is 6.18 Å². The second kappa shape index (κ2) is 5.60. The summed E-state index contributed by atoms with van der Waals surface area (Å²) in [6, 6.07) is 2.04. The summed E-state index contributed by atoms with van der Waals surface area (Å²) >= 11 is 0. The van der Waals surface area contributed by atoms with Crippen LogP contribution in [-0.2, 0) is 0 Å². The normalized spacial score (nSPS) is 17.4. The van der Waals surface area contributed by atoms with Crippen LogP contribution >= 0.6 is 0 Å². The van der Waals surface area contributed by atoms with E-state index >= 15 is 0 Å². The van der Waals surface area contributed by atoms with Gasteiger partial charge < -0.3 is 5.32 Å². The molecule has 112 valence electrons. The molecule has 1 saturated heterocycles. The molecule has 0 aromatic carbocycles. The first-order valence-electron chi connectivity index (χ1n) is 6.77. The molecule has 1 fully saturated rings. The van der Waals surface area contributed by atoms with E-state index in [4.69, 9.17) is 0 Å². The Hall–Kier alpha value is -1.30. The molecule has 0 amide bonds. The summed E-state index contributed by atoms with van der Waals surface area (Å²) in [5.74, 6) is 1.15. The van der Waals surface area contributed by atoms with Crippen LogP contribution in [0.15, 0.2) is 12.3 Å². The van der Waals surface area contributed by atoms with Gasteiger partial charge in [-0.15, -0.1) is 0 Å². The van der Waals surface area contributed by atoms with E-state index in [1.165, 1.54) is 10.5 Å². The average molecular weight is 287 g/mol. The lowest BCUT2D eigenvalue weighted by atomic mass is 10.00. The SMILES string of the molecule is Cc1cnc(NC2CN(CC(F)(F)F)C2)cc1C(C)C. The maximum absolute atomic E-state index is 12.2. The number of aryl methyl sites for hydroxylation is 1. The van der Waals surface area contributed by atoms with Crippen LogP contribution in [-0.4, -0.2) is 41.7 Å². The molecule has 2 rings (SSSR count). The molecule has 0 saturated carbocycles. The van der Waals surface area contributed by atoms with Gasteiger partial charge in [-0.2, -0.15) is 13.2 Å². The van der Waals surface area contributed by atoms with Gasteiger partial charge in [-0.3, -0.25) is 4.90 Å². The summed E-state index contributed by atoms with van der Waals surface area (Å²) in [6.07, 6.45) is -2.30. The minimum absolute atomic E-state index is 0.0487. The fourth-order valence-corrected chi connectivity index (χ4v) is 2.49. The number of hydrogen-bond acceptors (Lipinski definition) is 3. The Morgan fingerprint density at radius 3 is 2.60 bits per heavy atom. The highest BCUT2D eigenvalue weighted by molar-refractivity contribution is 5.43. The van der Waals surface area contributed by atoms with Crippen molar-refractivity contribution in [2.75, 3.05) is 25.0 Å². The molecule has 0 bridgehead atoms. The number of rotatable bonds is 4. The molecule has 0 atom stereocenters. The minimum Gasteiger partial charge on any atom is -0.365 e. The quantitative estimate of drug-likeness (QED) is 0.922. The van der Waals surface area contributed by atoms with E-state index in [1.807, 2.05) is 19.2 Å². The zero-order chi connectivity index (χ0) is 14.9. The lowest BCUT2D eigenvalue weighted by Gasteiger charge is -2.40.